The zero-order valence-corrected chi connectivity index (χ0v) is 7.12. The maximum Gasteiger partial charge on any atom is 0.129 e. The van der Waals surface area contributed by atoms with Crippen LogP contribution in [-0.4, -0.2) is 6.54 Å². The minimum Gasteiger partial charge on any atom is -0.412 e. The van der Waals surface area contributed by atoms with Gasteiger partial charge < -0.3 is 4.84 Å². The lowest BCUT2D eigenvalue weighted by Gasteiger charge is -2.19. The Labute approximate surface area is 62.2 Å². The predicted octanol–water partition coefficient (Wildman–Crippen LogP) is 1.84. The largest absolute Gasteiger partial charge is 0.412 e. The second-order valence-electron chi connectivity index (χ2n) is 3.78. The van der Waals surface area contributed by atoms with E-state index in [1.807, 2.05) is 0 Å². The SMILES string of the molecule is CC1=C(C(C)(C)C)ONC1. The van der Waals surface area contributed by atoms with E-state index in [1.54, 1.807) is 0 Å². The van der Waals surface area contributed by atoms with Gasteiger partial charge in [-0.05, 0) is 12.5 Å². The number of allylic oxidation sites excluding steroid dienone is 1. The molecule has 0 saturated carbocycles. The first kappa shape index (κ1) is 7.61. The molecule has 58 valence electrons. The molecule has 10 heavy (non-hydrogen) atoms. The quantitative estimate of drug-likeness (QED) is 0.555. The van der Waals surface area contributed by atoms with Gasteiger partial charge in [0.25, 0.3) is 0 Å². The summed E-state index contributed by atoms with van der Waals surface area (Å²) in [5.41, 5.74) is 4.31. The fourth-order valence-electron chi connectivity index (χ4n) is 1.18. The van der Waals surface area contributed by atoms with E-state index in [4.69, 9.17) is 4.84 Å². The van der Waals surface area contributed by atoms with Crippen molar-refractivity contribution in [2.75, 3.05) is 6.54 Å². The van der Waals surface area contributed by atoms with Crippen LogP contribution < -0.4 is 5.48 Å². The topological polar surface area (TPSA) is 21.3 Å². The minimum atomic E-state index is 0.146. The average Bonchev–Trinajstić information content (AvgIpc) is 2.11. The van der Waals surface area contributed by atoms with E-state index in [2.05, 4.69) is 33.2 Å². The van der Waals surface area contributed by atoms with E-state index in [-0.39, 0.29) is 5.41 Å². The molecule has 1 aliphatic rings. The van der Waals surface area contributed by atoms with Gasteiger partial charge in [0.1, 0.15) is 5.76 Å². The lowest BCUT2D eigenvalue weighted by atomic mass is 9.91. The van der Waals surface area contributed by atoms with Crippen LogP contribution in [-0.2, 0) is 4.84 Å². The zero-order valence-electron chi connectivity index (χ0n) is 7.12. The smallest absolute Gasteiger partial charge is 0.129 e. The summed E-state index contributed by atoms with van der Waals surface area (Å²) in [5.74, 6) is 1.09. The maximum atomic E-state index is 5.26. The van der Waals surface area contributed by atoms with Gasteiger partial charge in [0.2, 0.25) is 0 Å². The van der Waals surface area contributed by atoms with Gasteiger partial charge in [-0.25, -0.2) is 0 Å². The van der Waals surface area contributed by atoms with E-state index in [0.29, 0.717) is 0 Å². The summed E-state index contributed by atoms with van der Waals surface area (Å²) in [6.45, 7) is 9.42. The Kier molecular flexibility index (Phi) is 1.73. The van der Waals surface area contributed by atoms with Crippen LogP contribution in [0.2, 0.25) is 0 Å². The highest BCUT2D eigenvalue weighted by Crippen LogP contribution is 2.30. The fourth-order valence-corrected chi connectivity index (χ4v) is 1.18. The van der Waals surface area contributed by atoms with Crippen molar-refractivity contribution in [2.45, 2.75) is 27.7 Å². The second-order valence-corrected chi connectivity index (χ2v) is 3.78. The molecule has 1 aliphatic heterocycles. The van der Waals surface area contributed by atoms with Gasteiger partial charge in [-0.15, -0.1) is 0 Å². The van der Waals surface area contributed by atoms with Crippen molar-refractivity contribution in [3.63, 3.8) is 0 Å². The first-order chi connectivity index (χ1) is 4.52. The van der Waals surface area contributed by atoms with Gasteiger partial charge >= 0.3 is 0 Å². The van der Waals surface area contributed by atoms with Crippen LogP contribution in [0.4, 0.5) is 0 Å². The van der Waals surface area contributed by atoms with Crippen molar-refractivity contribution in [3.05, 3.63) is 11.3 Å². The van der Waals surface area contributed by atoms with Gasteiger partial charge in [0.05, 0.1) is 6.54 Å². The summed E-state index contributed by atoms with van der Waals surface area (Å²) >= 11 is 0. The predicted molar refractivity (Wildman–Crippen MR) is 41.2 cm³/mol. The highest BCUT2D eigenvalue weighted by atomic mass is 16.7. The van der Waals surface area contributed by atoms with E-state index in [0.717, 1.165) is 12.3 Å². The van der Waals surface area contributed by atoms with Crippen molar-refractivity contribution in [3.8, 4) is 0 Å². The number of nitrogens with one attached hydrogen (secondary N) is 1. The van der Waals surface area contributed by atoms with Gasteiger partial charge in [-0.1, -0.05) is 20.8 Å². The molecule has 2 nitrogen and oxygen atoms in total. The van der Waals surface area contributed by atoms with Crippen LogP contribution >= 0.6 is 0 Å². The lowest BCUT2D eigenvalue weighted by molar-refractivity contribution is 0.0963. The van der Waals surface area contributed by atoms with Crippen molar-refractivity contribution >= 4 is 0 Å². The average molecular weight is 141 g/mol. The highest BCUT2D eigenvalue weighted by Gasteiger charge is 2.25. The molecule has 2 heteroatoms. The molecule has 0 aromatic carbocycles. The number of hydrogen-bond acceptors (Lipinski definition) is 2. The molecular weight excluding hydrogens is 126 g/mol. The lowest BCUT2D eigenvalue weighted by Crippen LogP contribution is -2.13. The van der Waals surface area contributed by atoms with Crippen LogP contribution in [0.1, 0.15) is 27.7 Å². The molecule has 0 aromatic heterocycles. The highest BCUT2D eigenvalue weighted by molar-refractivity contribution is 5.16. The molecular formula is C8H15NO. The minimum absolute atomic E-state index is 0.146. The second kappa shape index (κ2) is 2.27. The third-order valence-electron chi connectivity index (χ3n) is 1.58. The Bertz CT molecular complexity index is 165. The Hall–Kier alpha value is -0.500. The van der Waals surface area contributed by atoms with Crippen LogP contribution in [0.5, 0.6) is 0 Å². The van der Waals surface area contributed by atoms with Gasteiger partial charge in [-0.2, -0.15) is 5.48 Å². The molecule has 0 aliphatic carbocycles. The van der Waals surface area contributed by atoms with Crippen LogP contribution in [0.15, 0.2) is 11.3 Å². The van der Waals surface area contributed by atoms with E-state index in [9.17, 15) is 0 Å². The van der Waals surface area contributed by atoms with Crippen molar-refractivity contribution < 1.29 is 4.84 Å². The number of hydroxylamine groups is 1. The number of rotatable bonds is 0. The molecule has 1 N–H and O–H groups in total. The molecule has 0 bridgehead atoms. The van der Waals surface area contributed by atoms with E-state index >= 15 is 0 Å². The van der Waals surface area contributed by atoms with Crippen LogP contribution in [0.25, 0.3) is 0 Å². The number of hydrogen-bond donors (Lipinski definition) is 1. The fraction of sp³-hybridized carbons (Fsp3) is 0.750. The third kappa shape index (κ3) is 1.32. The van der Waals surface area contributed by atoms with Crippen LogP contribution in [0.3, 0.4) is 0 Å². The summed E-state index contributed by atoms with van der Waals surface area (Å²) in [6.07, 6.45) is 0. The molecule has 0 amide bonds. The van der Waals surface area contributed by atoms with Gasteiger partial charge in [0, 0.05) is 5.41 Å². The molecule has 1 heterocycles. The van der Waals surface area contributed by atoms with Gasteiger partial charge in [0.15, 0.2) is 0 Å². The summed E-state index contributed by atoms with van der Waals surface area (Å²) < 4.78 is 0. The van der Waals surface area contributed by atoms with Crippen molar-refractivity contribution in [1.82, 2.24) is 5.48 Å². The summed E-state index contributed by atoms with van der Waals surface area (Å²) in [4.78, 5) is 5.26. The molecule has 0 aromatic rings. The van der Waals surface area contributed by atoms with Crippen molar-refractivity contribution in [1.29, 1.82) is 0 Å². The summed E-state index contributed by atoms with van der Waals surface area (Å²) in [5, 5.41) is 0. The molecule has 0 unspecified atom stereocenters. The summed E-state index contributed by atoms with van der Waals surface area (Å²) in [6, 6.07) is 0. The Morgan fingerprint density at radius 2 is 2.00 bits per heavy atom. The molecule has 1 rings (SSSR count). The molecule has 0 spiro atoms. The maximum absolute atomic E-state index is 5.26. The first-order valence-corrected chi connectivity index (χ1v) is 3.62. The first-order valence-electron chi connectivity index (χ1n) is 3.62. The molecule has 0 atom stereocenters. The zero-order chi connectivity index (χ0) is 7.78. The van der Waals surface area contributed by atoms with E-state index < -0.39 is 0 Å². The Balaban J connectivity index is 2.81. The molecule has 0 fully saturated rings. The third-order valence-corrected chi connectivity index (χ3v) is 1.58. The standard InChI is InChI=1S/C8H15NO/c1-6-5-9-10-7(6)8(2,3)4/h9H,5H2,1-4H3. The molecule has 0 saturated heterocycles. The molecule has 0 radical (unpaired) electrons. The normalized spacial score (nSPS) is 19.6. The monoisotopic (exact) mass is 141 g/mol. The Morgan fingerprint density at radius 3 is 2.20 bits per heavy atom. The Morgan fingerprint density at radius 1 is 1.40 bits per heavy atom. The summed E-state index contributed by atoms with van der Waals surface area (Å²) in [7, 11) is 0. The van der Waals surface area contributed by atoms with E-state index in [1.165, 1.54) is 5.57 Å². The van der Waals surface area contributed by atoms with Crippen molar-refractivity contribution in [2.24, 2.45) is 5.41 Å². The van der Waals surface area contributed by atoms with Crippen LogP contribution in [0, 0.1) is 5.41 Å². The van der Waals surface area contributed by atoms with Gasteiger partial charge in [-0.3, -0.25) is 0 Å².